The van der Waals surface area contributed by atoms with E-state index in [1.54, 1.807) is 0 Å². The molecule has 0 radical (unpaired) electrons. The van der Waals surface area contributed by atoms with Gasteiger partial charge in [0.15, 0.2) is 0 Å². The van der Waals surface area contributed by atoms with Gasteiger partial charge in [0, 0.05) is 0 Å². The zero-order valence-corrected chi connectivity index (χ0v) is 3.57. The number of nitrogens with zero attached hydrogens (tertiary/aromatic N) is 3. The molecule has 0 spiro atoms. The van der Waals surface area contributed by atoms with Crippen LogP contribution >= 0.6 is 0 Å². The molecule has 2 N–H and O–H groups in total. The average molecular weight is 99.1 g/mol. The third-order valence-corrected chi connectivity index (χ3v) is 0.400. The fourth-order valence-electron chi connectivity index (χ4n) is 0.205. The Labute approximate surface area is 40.6 Å². The monoisotopic (exact) mass is 99.0 g/mol. The summed E-state index contributed by atoms with van der Waals surface area (Å²) in [7, 11) is 0. The predicted molar refractivity (Wildman–Crippen MR) is 23.4 cm³/mol. The first-order valence-corrected chi connectivity index (χ1v) is 1.55. The molecule has 0 bridgehead atoms. The topological polar surface area (TPSA) is 70.2 Å². The van der Waals surface area contributed by atoms with E-state index in [9.17, 15) is 0 Å². The number of hydrogen-bond acceptors (Lipinski definition) is 3. The van der Waals surface area contributed by atoms with E-state index in [2.05, 4.69) is 15.0 Å². The summed E-state index contributed by atoms with van der Waals surface area (Å²) in [5, 5.41) is 0. The fraction of sp³-hybridized carbons (Fsp3) is 0. The van der Waals surface area contributed by atoms with Crippen molar-refractivity contribution in [2.45, 2.75) is 0 Å². The zero-order valence-electron chi connectivity index (χ0n) is 3.57. The average Bonchev–Trinajstić information content (AvgIpc) is 1.72. The van der Waals surface area contributed by atoms with Gasteiger partial charge in [0.05, 0.1) is 0 Å². The van der Waals surface area contributed by atoms with E-state index in [1.807, 2.05) is 0 Å². The van der Waals surface area contributed by atoms with Crippen LogP contribution in [0.15, 0.2) is 19.0 Å². The molecule has 4 heteroatoms. The number of aromatic nitrogens is 3. The van der Waals surface area contributed by atoms with Crippen molar-refractivity contribution in [1.29, 1.82) is 0 Å². The van der Waals surface area contributed by atoms with Gasteiger partial charge in [-0.05, 0) is 0 Å². The van der Waals surface area contributed by atoms with Crippen molar-refractivity contribution in [1.82, 2.24) is 15.0 Å². The summed E-state index contributed by atoms with van der Waals surface area (Å²) in [5.74, 6) is 0. The van der Waals surface area contributed by atoms with E-state index in [0.717, 1.165) is 0 Å². The maximum atomic E-state index is 3.56. The minimum absolute atomic E-state index is 0. The van der Waals surface area contributed by atoms with Crippen molar-refractivity contribution in [2.24, 2.45) is 0 Å². The number of hydrogen-bond donors (Lipinski definition) is 0. The van der Waals surface area contributed by atoms with Crippen LogP contribution in [0.1, 0.15) is 0 Å². The third-order valence-electron chi connectivity index (χ3n) is 0.400. The molecule has 0 aliphatic heterocycles. The first-order valence-electron chi connectivity index (χ1n) is 1.55. The largest absolute Gasteiger partial charge is 0.412 e. The van der Waals surface area contributed by atoms with Crippen LogP contribution in [0.3, 0.4) is 0 Å². The quantitative estimate of drug-likeness (QED) is 0.421. The van der Waals surface area contributed by atoms with Crippen LogP contribution in [-0.2, 0) is 0 Å². The molecule has 0 saturated carbocycles. The predicted octanol–water partition coefficient (Wildman–Crippen LogP) is -0.953. The lowest BCUT2D eigenvalue weighted by atomic mass is 11.1. The van der Waals surface area contributed by atoms with Gasteiger partial charge in [0.2, 0.25) is 0 Å². The molecule has 38 valence electrons. The van der Waals surface area contributed by atoms with Crippen molar-refractivity contribution in [3.8, 4) is 0 Å². The normalized spacial score (nSPS) is 6.86. The highest BCUT2D eigenvalue weighted by atomic mass is 16.0. The van der Waals surface area contributed by atoms with E-state index < -0.39 is 0 Å². The van der Waals surface area contributed by atoms with Crippen LogP contribution in [0.25, 0.3) is 0 Å². The van der Waals surface area contributed by atoms with Gasteiger partial charge in [0.25, 0.3) is 0 Å². The Bertz CT molecular complexity index is 82.1. The Morgan fingerprint density at radius 1 is 0.714 bits per heavy atom. The van der Waals surface area contributed by atoms with Gasteiger partial charge in [-0.2, -0.15) is 0 Å². The molecule has 1 aromatic rings. The standard InChI is InChI=1S/C3H3N3.H2O/c1-4-2-6-3-5-1;/h1-3H;1H2. The second-order valence-corrected chi connectivity index (χ2v) is 0.794. The smallest absolute Gasteiger partial charge is 0.119 e. The summed E-state index contributed by atoms with van der Waals surface area (Å²) in [6.07, 6.45) is 4.31. The Balaban J connectivity index is 0.000000360. The van der Waals surface area contributed by atoms with Gasteiger partial charge >= 0.3 is 0 Å². The molecular weight excluding hydrogens is 94.1 g/mol. The third kappa shape index (κ3) is 1.77. The first-order chi connectivity index (χ1) is 3.00. The Morgan fingerprint density at radius 2 is 1.00 bits per heavy atom. The van der Waals surface area contributed by atoms with Gasteiger partial charge in [-0.15, -0.1) is 0 Å². The summed E-state index contributed by atoms with van der Waals surface area (Å²) in [6, 6.07) is 0. The molecule has 0 atom stereocenters. The molecular formula is C3H5N3O. The Kier molecular flexibility index (Phi) is 2.70. The molecule has 0 aliphatic carbocycles. The van der Waals surface area contributed by atoms with Crippen LogP contribution in [0.2, 0.25) is 0 Å². The van der Waals surface area contributed by atoms with E-state index >= 15 is 0 Å². The number of rotatable bonds is 0. The SMILES string of the molecule is O.c1ncncn1. The Morgan fingerprint density at radius 3 is 1.14 bits per heavy atom. The second-order valence-electron chi connectivity index (χ2n) is 0.794. The van der Waals surface area contributed by atoms with Gasteiger partial charge < -0.3 is 5.48 Å². The summed E-state index contributed by atoms with van der Waals surface area (Å²) in [4.78, 5) is 10.7. The molecule has 0 aromatic carbocycles. The van der Waals surface area contributed by atoms with E-state index in [1.165, 1.54) is 19.0 Å². The van der Waals surface area contributed by atoms with Crippen LogP contribution < -0.4 is 0 Å². The minimum Gasteiger partial charge on any atom is -0.412 e. The molecule has 4 nitrogen and oxygen atoms in total. The summed E-state index contributed by atoms with van der Waals surface area (Å²) < 4.78 is 0. The van der Waals surface area contributed by atoms with E-state index in [0.29, 0.717) is 0 Å². The molecule has 0 amide bonds. The Hall–Kier alpha value is -1.03. The van der Waals surface area contributed by atoms with Gasteiger partial charge in [0.1, 0.15) is 19.0 Å². The highest BCUT2D eigenvalue weighted by Gasteiger charge is 1.59. The lowest BCUT2D eigenvalue weighted by Crippen LogP contribution is -1.73. The van der Waals surface area contributed by atoms with E-state index in [-0.39, 0.29) is 5.48 Å². The highest BCUT2D eigenvalue weighted by Crippen LogP contribution is 1.57. The lowest BCUT2D eigenvalue weighted by molar-refractivity contribution is 0.824. The van der Waals surface area contributed by atoms with E-state index in [4.69, 9.17) is 0 Å². The maximum Gasteiger partial charge on any atom is 0.119 e. The van der Waals surface area contributed by atoms with Crippen LogP contribution in [0, 0.1) is 0 Å². The summed E-state index contributed by atoms with van der Waals surface area (Å²) in [6.45, 7) is 0. The summed E-state index contributed by atoms with van der Waals surface area (Å²) in [5.41, 5.74) is 0. The van der Waals surface area contributed by atoms with Crippen molar-refractivity contribution >= 4 is 0 Å². The van der Waals surface area contributed by atoms with Crippen molar-refractivity contribution < 1.29 is 5.48 Å². The molecule has 1 aromatic heterocycles. The zero-order chi connectivity index (χ0) is 4.24. The molecule has 0 aliphatic rings. The lowest BCUT2D eigenvalue weighted by Gasteiger charge is -1.69. The summed E-state index contributed by atoms with van der Waals surface area (Å²) >= 11 is 0. The molecule has 0 unspecified atom stereocenters. The molecule has 0 saturated heterocycles. The first kappa shape index (κ1) is 5.97. The second kappa shape index (κ2) is 3.17. The molecule has 7 heavy (non-hydrogen) atoms. The fourth-order valence-corrected chi connectivity index (χ4v) is 0.205. The van der Waals surface area contributed by atoms with Crippen molar-refractivity contribution in [2.75, 3.05) is 0 Å². The highest BCUT2D eigenvalue weighted by molar-refractivity contribution is 4.51. The van der Waals surface area contributed by atoms with Gasteiger partial charge in [-0.25, -0.2) is 15.0 Å². The van der Waals surface area contributed by atoms with Crippen LogP contribution in [0.5, 0.6) is 0 Å². The maximum absolute atomic E-state index is 3.56. The molecule has 0 fully saturated rings. The van der Waals surface area contributed by atoms with Crippen molar-refractivity contribution in [3.63, 3.8) is 0 Å². The van der Waals surface area contributed by atoms with Crippen LogP contribution in [-0.4, -0.2) is 20.4 Å². The van der Waals surface area contributed by atoms with Crippen molar-refractivity contribution in [3.05, 3.63) is 19.0 Å². The minimum atomic E-state index is 0. The molecule has 1 rings (SSSR count). The molecule has 1 heterocycles. The van der Waals surface area contributed by atoms with Crippen LogP contribution in [0.4, 0.5) is 0 Å². The van der Waals surface area contributed by atoms with Gasteiger partial charge in [-0.3, -0.25) is 0 Å². The van der Waals surface area contributed by atoms with Gasteiger partial charge in [-0.1, -0.05) is 0 Å².